The van der Waals surface area contributed by atoms with Crippen LogP contribution < -0.4 is 10.1 Å². The smallest absolute Gasteiger partial charge is 0.257 e. The van der Waals surface area contributed by atoms with Crippen molar-refractivity contribution >= 4 is 5.91 Å². The number of hydrogen-bond acceptors (Lipinski definition) is 3. The van der Waals surface area contributed by atoms with E-state index in [1.54, 1.807) is 24.3 Å². The first kappa shape index (κ1) is 16.6. The fourth-order valence-corrected chi connectivity index (χ4v) is 2.34. The van der Waals surface area contributed by atoms with E-state index in [0.717, 1.165) is 6.42 Å². The zero-order valence-electron chi connectivity index (χ0n) is 13.2. The summed E-state index contributed by atoms with van der Waals surface area (Å²) in [5, 5.41) is 11.9. The number of carbonyl (C=O) groups is 1. The molecular weight excluding hydrogens is 288 g/mol. The molecule has 1 amide bonds. The van der Waals surface area contributed by atoms with E-state index >= 15 is 0 Å². The van der Waals surface area contributed by atoms with Crippen molar-refractivity contribution in [2.75, 3.05) is 13.2 Å². The Bertz CT molecular complexity index is 677. The van der Waals surface area contributed by atoms with Gasteiger partial charge in [0.1, 0.15) is 11.8 Å². The van der Waals surface area contributed by atoms with Crippen LogP contribution >= 0.6 is 0 Å². The number of carbonyl (C=O) groups excluding carboxylic acids is 1. The van der Waals surface area contributed by atoms with Gasteiger partial charge in [-0.15, -0.1) is 0 Å². The molecule has 4 nitrogen and oxygen atoms in total. The predicted octanol–water partition coefficient (Wildman–Crippen LogP) is 3.25. The predicted molar refractivity (Wildman–Crippen MR) is 89.1 cm³/mol. The van der Waals surface area contributed by atoms with Crippen LogP contribution in [0.4, 0.5) is 0 Å². The number of ether oxygens (including phenoxy) is 1. The Kier molecular flexibility index (Phi) is 6.19. The van der Waals surface area contributed by atoms with Gasteiger partial charge in [0.15, 0.2) is 6.61 Å². The second kappa shape index (κ2) is 8.60. The van der Waals surface area contributed by atoms with Crippen molar-refractivity contribution in [3.63, 3.8) is 0 Å². The molecule has 1 N–H and O–H groups in total. The highest BCUT2D eigenvalue weighted by Gasteiger charge is 2.11. The molecule has 0 saturated heterocycles. The van der Waals surface area contributed by atoms with Gasteiger partial charge in [-0.1, -0.05) is 49.4 Å². The molecule has 118 valence electrons. The number of nitriles is 1. The molecule has 0 heterocycles. The van der Waals surface area contributed by atoms with Crippen molar-refractivity contribution < 1.29 is 9.53 Å². The van der Waals surface area contributed by atoms with Gasteiger partial charge in [-0.25, -0.2) is 0 Å². The van der Waals surface area contributed by atoms with Crippen LogP contribution in [0, 0.1) is 11.3 Å². The molecule has 0 spiro atoms. The number of nitrogens with zero attached hydrogens (tertiary/aromatic N) is 1. The van der Waals surface area contributed by atoms with E-state index in [1.807, 2.05) is 24.3 Å². The van der Waals surface area contributed by atoms with E-state index in [4.69, 9.17) is 10.00 Å². The van der Waals surface area contributed by atoms with E-state index in [-0.39, 0.29) is 18.4 Å². The molecule has 0 aliphatic carbocycles. The molecule has 1 unspecified atom stereocenters. The molecule has 0 aliphatic heterocycles. The first-order valence-electron chi connectivity index (χ1n) is 7.68. The van der Waals surface area contributed by atoms with Gasteiger partial charge in [0.2, 0.25) is 0 Å². The Hall–Kier alpha value is -2.80. The van der Waals surface area contributed by atoms with E-state index in [1.165, 1.54) is 5.56 Å². The quantitative estimate of drug-likeness (QED) is 0.854. The fourth-order valence-electron chi connectivity index (χ4n) is 2.34. The van der Waals surface area contributed by atoms with E-state index < -0.39 is 0 Å². The van der Waals surface area contributed by atoms with E-state index in [2.05, 4.69) is 24.4 Å². The topological polar surface area (TPSA) is 62.1 Å². The van der Waals surface area contributed by atoms with Crippen LogP contribution in [0.25, 0.3) is 0 Å². The second-order valence-electron chi connectivity index (χ2n) is 5.22. The van der Waals surface area contributed by atoms with Crippen LogP contribution in [0.2, 0.25) is 0 Å². The molecule has 4 heteroatoms. The Morgan fingerprint density at radius 1 is 1.17 bits per heavy atom. The minimum Gasteiger partial charge on any atom is -0.482 e. The van der Waals surface area contributed by atoms with Gasteiger partial charge >= 0.3 is 0 Å². The SMILES string of the molecule is CCC(CNC(=O)COc1ccccc1C#N)c1ccccc1. The van der Waals surface area contributed by atoms with Gasteiger partial charge in [-0.05, 0) is 24.1 Å². The number of rotatable bonds is 7. The highest BCUT2D eigenvalue weighted by Crippen LogP contribution is 2.18. The molecular formula is C19H20N2O2. The average Bonchev–Trinajstić information content (AvgIpc) is 2.61. The van der Waals surface area contributed by atoms with Crippen molar-refractivity contribution in [2.45, 2.75) is 19.3 Å². The fraction of sp³-hybridized carbons (Fsp3) is 0.263. The Balaban J connectivity index is 1.84. The summed E-state index contributed by atoms with van der Waals surface area (Å²) in [6.45, 7) is 2.58. The second-order valence-corrected chi connectivity index (χ2v) is 5.22. The third-order valence-corrected chi connectivity index (χ3v) is 3.68. The Morgan fingerprint density at radius 2 is 1.87 bits per heavy atom. The van der Waals surface area contributed by atoms with Crippen molar-refractivity contribution in [3.8, 4) is 11.8 Å². The third-order valence-electron chi connectivity index (χ3n) is 3.68. The molecule has 0 aliphatic rings. The van der Waals surface area contributed by atoms with E-state index in [0.29, 0.717) is 17.9 Å². The number of benzene rings is 2. The number of amides is 1. The maximum atomic E-state index is 11.9. The van der Waals surface area contributed by atoms with E-state index in [9.17, 15) is 4.79 Å². The summed E-state index contributed by atoms with van der Waals surface area (Å²) in [5.41, 5.74) is 1.64. The first-order valence-corrected chi connectivity index (χ1v) is 7.68. The lowest BCUT2D eigenvalue weighted by molar-refractivity contribution is -0.123. The molecule has 1 atom stereocenters. The monoisotopic (exact) mass is 308 g/mol. The number of para-hydroxylation sites is 1. The Labute approximate surface area is 136 Å². The summed E-state index contributed by atoms with van der Waals surface area (Å²) >= 11 is 0. The third kappa shape index (κ3) is 4.86. The summed E-state index contributed by atoms with van der Waals surface area (Å²) < 4.78 is 5.43. The van der Waals surface area contributed by atoms with Gasteiger partial charge in [0.05, 0.1) is 5.56 Å². The Morgan fingerprint density at radius 3 is 2.57 bits per heavy atom. The molecule has 2 aromatic rings. The molecule has 0 radical (unpaired) electrons. The lowest BCUT2D eigenvalue weighted by Gasteiger charge is -2.16. The summed E-state index contributed by atoms with van der Waals surface area (Å²) in [4.78, 5) is 11.9. The van der Waals surface area contributed by atoms with Crippen LogP contribution in [-0.4, -0.2) is 19.1 Å². The molecule has 2 rings (SSSR count). The van der Waals surface area contributed by atoms with Crippen molar-refractivity contribution in [2.24, 2.45) is 0 Å². The average molecular weight is 308 g/mol. The lowest BCUT2D eigenvalue weighted by atomic mass is 9.96. The van der Waals surface area contributed by atoms with Gasteiger partial charge in [0.25, 0.3) is 5.91 Å². The summed E-state index contributed by atoms with van der Waals surface area (Å²) in [6.07, 6.45) is 0.947. The largest absolute Gasteiger partial charge is 0.482 e. The van der Waals surface area contributed by atoms with Gasteiger partial charge in [-0.2, -0.15) is 5.26 Å². The maximum absolute atomic E-state index is 11.9. The van der Waals surface area contributed by atoms with Crippen molar-refractivity contribution in [1.82, 2.24) is 5.32 Å². The number of nitrogens with one attached hydrogen (secondary N) is 1. The molecule has 2 aromatic carbocycles. The minimum absolute atomic E-state index is 0.0933. The maximum Gasteiger partial charge on any atom is 0.257 e. The molecule has 0 saturated carbocycles. The van der Waals surface area contributed by atoms with Gasteiger partial charge < -0.3 is 10.1 Å². The normalized spacial score (nSPS) is 11.3. The summed E-state index contributed by atoms with van der Waals surface area (Å²) in [7, 11) is 0. The highest BCUT2D eigenvalue weighted by atomic mass is 16.5. The van der Waals surface area contributed by atoms with Crippen LogP contribution in [0.15, 0.2) is 54.6 Å². The highest BCUT2D eigenvalue weighted by molar-refractivity contribution is 5.77. The summed E-state index contributed by atoms with van der Waals surface area (Å²) in [5.74, 6) is 0.527. The molecule has 0 aromatic heterocycles. The van der Waals surface area contributed by atoms with Crippen LogP contribution in [-0.2, 0) is 4.79 Å². The van der Waals surface area contributed by atoms with Crippen molar-refractivity contribution in [1.29, 1.82) is 5.26 Å². The minimum atomic E-state index is -0.188. The first-order chi connectivity index (χ1) is 11.2. The van der Waals surface area contributed by atoms with Crippen LogP contribution in [0.5, 0.6) is 5.75 Å². The zero-order valence-corrected chi connectivity index (χ0v) is 13.2. The molecule has 0 bridgehead atoms. The van der Waals surface area contributed by atoms with Crippen LogP contribution in [0.1, 0.15) is 30.4 Å². The number of hydrogen-bond donors (Lipinski definition) is 1. The van der Waals surface area contributed by atoms with Gasteiger partial charge in [-0.3, -0.25) is 4.79 Å². The molecule has 0 fully saturated rings. The molecule has 23 heavy (non-hydrogen) atoms. The zero-order chi connectivity index (χ0) is 16.5. The van der Waals surface area contributed by atoms with Crippen LogP contribution in [0.3, 0.4) is 0 Å². The van der Waals surface area contributed by atoms with Crippen molar-refractivity contribution in [3.05, 3.63) is 65.7 Å². The lowest BCUT2D eigenvalue weighted by Crippen LogP contribution is -2.32. The summed E-state index contributed by atoms with van der Waals surface area (Å²) in [6, 6.07) is 19.1. The van der Waals surface area contributed by atoms with Gasteiger partial charge in [0, 0.05) is 12.5 Å². The standard InChI is InChI=1S/C19H20N2O2/c1-2-15(16-8-4-3-5-9-16)13-21-19(22)14-23-18-11-7-6-10-17(18)12-20/h3-11,15H,2,13-14H2,1H3,(H,21,22).